The molecular formula is C8H14IN3O2S. The second-order valence-electron chi connectivity index (χ2n) is 3.28. The van der Waals surface area contributed by atoms with E-state index < -0.39 is 10.2 Å². The molecule has 0 atom stereocenters. The van der Waals surface area contributed by atoms with Gasteiger partial charge in [0.2, 0.25) is 0 Å². The topological polar surface area (TPSA) is 55.2 Å². The first-order valence-electron chi connectivity index (χ1n) is 4.50. The third kappa shape index (κ3) is 3.15. The Morgan fingerprint density at radius 1 is 1.53 bits per heavy atom. The maximum absolute atomic E-state index is 11.7. The molecule has 0 fully saturated rings. The molecule has 7 heteroatoms. The van der Waals surface area contributed by atoms with E-state index in [-0.39, 0.29) is 0 Å². The molecule has 0 amide bonds. The first kappa shape index (κ1) is 12.9. The molecule has 86 valence electrons. The van der Waals surface area contributed by atoms with Crippen LogP contribution in [0.25, 0.3) is 0 Å². The molecule has 1 heterocycles. The number of halogens is 1. The van der Waals surface area contributed by atoms with Gasteiger partial charge in [0.1, 0.15) is 6.33 Å². The average molecular weight is 343 g/mol. The first-order valence-corrected chi connectivity index (χ1v) is 7.42. The van der Waals surface area contributed by atoms with Crippen molar-refractivity contribution in [1.82, 2.24) is 13.3 Å². The highest BCUT2D eigenvalue weighted by atomic mass is 127. The summed E-state index contributed by atoms with van der Waals surface area (Å²) in [4.78, 5) is 4.06. The van der Waals surface area contributed by atoms with Crippen molar-refractivity contribution in [3.63, 3.8) is 0 Å². The average Bonchev–Trinajstić information content (AvgIpc) is 2.63. The largest absolute Gasteiger partial charge is 0.308 e. The van der Waals surface area contributed by atoms with E-state index in [1.165, 1.54) is 20.4 Å². The third-order valence-corrected chi connectivity index (χ3v) is 4.33. The highest BCUT2D eigenvalue weighted by molar-refractivity contribution is 14.1. The van der Waals surface area contributed by atoms with Gasteiger partial charge in [0.25, 0.3) is 0 Å². The summed E-state index contributed by atoms with van der Waals surface area (Å²) in [6.45, 7) is 0. The quantitative estimate of drug-likeness (QED) is 0.590. The maximum atomic E-state index is 11.7. The summed E-state index contributed by atoms with van der Waals surface area (Å²) >= 11 is 2.29. The SMILES string of the molecule is CN(C)S(=O)(=O)n1cnc(CCCI)c1. The molecule has 0 unspecified atom stereocenters. The number of nitrogens with zero attached hydrogens (tertiary/aromatic N) is 3. The van der Waals surface area contributed by atoms with Gasteiger partial charge in [0, 0.05) is 20.3 Å². The molecule has 0 saturated carbocycles. The Morgan fingerprint density at radius 2 is 2.20 bits per heavy atom. The van der Waals surface area contributed by atoms with Crippen LogP contribution in [0.2, 0.25) is 0 Å². The highest BCUT2D eigenvalue weighted by Gasteiger charge is 2.16. The Balaban J connectivity index is 2.85. The fourth-order valence-corrected chi connectivity index (χ4v) is 2.22. The van der Waals surface area contributed by atoms with Gasteiger partial charge in [0.05, 0.1) is 5.69 Å². The van der Waals surface area contributed by atoms with Crippen LogP contribution in [0.4, 0.5) is 0 Å². The lowest BCUT2D eigenvalue weighted by Gasteiger charge is -2.10. The molecule has 0 aliphatic carbocycles. The number of imidazole rings is 1. The van der Waals surface area contributed by atoms with Crippen molar-refractivity contribution in [2.24, 2.45) is 0 Å². The predicted molar refractivity (Wildman–Crippen MR) is 67.4 cm³/mol. The Morgan fingerprint density at radius 3 is 2.73 bits per heavy atom. The summed E-state index contributed by atoms with van der Waals surface area (Å²) in [5.74, 6) is 0. The highest BCUT2D eigenvalue weighted by Crippen LogP contribution is 2.06. The predicted octanol–water partition coefficient (Wildman–Crippen LogP) is 0.905. The molecule has 0 radical (unpaired) electrons. The van der Waals surface area contributed by atoms with Crippen molar-refractivity contribution < 1.29 is 8.42 Å². The van der Waals surface area contributed by atoms with Crippen LogP contribution in [-0.4, -0.2) is 40.2 Å². The second-order valence-corrected chi connectivity index (χ2v) is 6.40. The number of aromatic nitrogens is 2. The van der Waals surface area contributed by atoms with Crippen molar-refractivity contribution in [3.05, 3.63) is 18.2 Å². The van der Waals surface area contributed by atoms with E-state index in [4.69, 9.17) is 0 Å². The lowest BCUT2D eigenvalue weighted by atomic mass is 10.3. The molecule has 1 aromatic rings. The summed E-state index contributed by atoms with van der Waals surface area (Å²) in [6, 6.07) is 0. The van der Waals surface area contributed by atoms with Crippen LogP contribution < -0.4 is 0 Å². The normalized spacial score (nSPS) is 12.3. The van der Waals surface area contributed by atoms with Gasteiger partial charge in [0.15, 0.2) is 0 Å². The monoisotopic (exact) mass is 343 g/mol. The molecule has 5 nitrogen and oxygen atoms in total. The summed E-state index contributed by atoms with van der Waals surface area (Å²) in [6.07, 6.45) is 4.75. The van der Waals surface area contributed by atoms with Gasteiger partial charge in [-0.25, -0.2) is 8.96 Å². The van der Waals surface area contributed by atoms with Gasteiger partial charge >= 0.3 is 10.2 Å². The number of hydrogen-bond donors (Lipinski definition) is 0. The van der Waals surface area contributed by atoms with E-state index in [2.05, 4.69) is 27.6 Å². The fourth-order valence-electron chi connectivity index (χ4n) is 1.04. The van der Waals surface area contributed by atoms with Crippen LogP contribution in [0, 0.1) is 0 Å². The van der Waals surface area contributed by atoms with Crippen LogP contribution in [0.5, 0.6) is 0 Å². The van der Waals surface area contributed by atoms with E-state index in [0.29, 0.717) is 0 Å². The van der Waals surface area contributed by atoms with Crippen LogP contribution >= 0.6 is 22.6 Å². The van der Waals surface area contributed by atoms with Gasteiger partial charge in [-0.2, -0.15) is 12.7 Å². The molecular weight excluding hydrogens is 329 g/mol. The minimum Gasteiger partial charge on any atom is -0.241 e. The van der Waals surface area contributed by atoms with Crippen molar-refractivity contribution in [2.45, 2.75) is 12.8 Å². The smallest absolute Gasteiger partial charge is 0.241 e. The van der Waals surface area contributed by atoms with Gasteiger partial charge in [-0.05, 0) is 17.3 Å². The minimum absolute atomic E-state index is 0.817. The molecule has 1 aromatic heterocycles. The Bertz CT molecular complexity index is 413. The van der Waals surface area contributed by atoms with E-state index in [9.17, 15) is 8.42 Å². The molecule has 15 heavy (non-hydrogen) atoms. The van der Waals surface area contributed by atoms with E-state index in [0.717, 1.165) is 31.2 Å². The standard InChI is InChI=1S/C8H14IN3O2S/c1-11(2)15(13,14)12-6-8(10-7-12)4-3-5-9/h6-7H,3-5H2,1-2H3. The zero-order chi connectivity index (χ0) is 11.5. The molecule has 0 N–H and O–H groups in total. The summed E-state index contributed by atoms with van der Waals surface area (Å²) < 4.78 is 26.7. The molecule has 0 saturated heterocycles. The fraction of sp³-hybridized carbons (Fsp3) is 0.625. The van der Waals surface area contributed by atoms with E-state index in [1.807, 2.05) is 0 Å². The minimum atomic E-state index is -3.40. The Hall–Kier alpha value is -0.150. The second kappa shape index (κ2) is 5.26. The van der Waals surface area contributed by atoms with Crippen LogP contribution in [0.15, 0.2) is 12.5 Å². The number of rotatable bonds is 5. The molecule has 0 bridgehead atoms. The molecule has 0 aliphatic heterocycles. The molecule has 0 aliphatic rings. The lowest BCUT2D eigenvalue weighted by Crippen LogP contribution is -2.27. The van der Waals surface area contributed by atoms with Crippen LogP contribution in [-0.2, 0) is 16.6 Å². The Labute approximate surface area is 104 Å². The number of alkyl halides is 1. The molecule has 0 spiro atoms. The lowest BCUT2D eigenvalue weighted by molar-refractivity contribution is 0.510. The zero-order valence-electron chi connectivity index (χ0n) is 8.72. The first-order chi connectivity index (χ1) is 6.98. The van der Waals surface area contributed by atoms with E-state index >= 15 is 0 Å². The number of aryl methyl sites for hydroxylation is 1. The van der Waals surface area contributed by atoms with Gasteiger partial charge in [-0.15, -0.1) is 0 Å². The van der Waals surface area contributed by atoms with Crippen molar-refractivity contribution in [3.8, 4) is 0 Å². The van der Waals surface area contributed by atoms with Gasteiger partial charge < -0.3 is 0 Å². The van der Waals surface area contributed by atoms with Gasteiger partial charge in [-0.3, -0.25) is 0 Å². The number of hydrogen-bond acceptors (Lipinski definition) is 3. The molecule has 1 rings (SSSR count). The molecule has 0 aromatic carbocycles. The van der Waals surface area contributed by atoms with Gasteiger partial charge in [-0.1, -0.05) is 22.6 Å². The van der Waals surface area contributed by atoms with Crippen LogP contribution in [0.1, 0.15) is 12.1 Å². The van der Waals surface area contributed by atoms with Crippen LogP contribution in [0.3, 0.4) is 0 Å². The van der Waals surface area contributed by atoms with Crippen molar-refractivity contribution in [2.75, 3.05) is 18.5 Å². The van der Waals surface area contributed by atoms with Crippen molar-refractivity contribution in [1.29, 1.82) is 0 Å². The third-order valence-electron chi connectivity index (χ3n) is 1.91. The zero-order valence-corrected chi connectivity index (χ0v) is 11.7. The Kier molecular flexibility index (Phi) is 4.53. The van der Waals surface area contributed by atoms with E-state index in [1.54, 1.807) is 6.20 Å². The summed E-state index contributed by atoms with van der Waals surface area (Å²) in [5, 5.41) is 0. The maximum Gasteiger partial charge on any atom is 0.308 e. The van der Waals surface area contributed by atoms with Crippen molar-refractivity contribution >= 4 is 32.8 Å². The summed E-state index contributed by atoms with van der Waals surface area (Å²) in [5.41, 5.74) is 0.817. The summed E-state index contributed by atoms with van der Waals surface area (Å²) in [7, 11) is -0.396.